The third-order valence-electron chi connectivity index (χ3n) is 5.05. The van der Waals surface area contributed by atoms with E-state index in [0.29, 0.717) is 17.0 Å². The van der Waals surface area contributed by atoms with E-state index in [2.05, 4.69) is 5.32 Å². The Kier molecular flexibility index (Phi) is 6.84. The summed E-state index contributed by atoms with van der Waals surface area (Å²) in [5, 5.41) is 24.0. The van der Waals surface area contributed by atoms with Crippen molar-refractivity contribution >= 4 is 23.7 Å². The van der Waals surface area contributed by atoms with Crippen LogP contribution in [0.15, 0.2) is 83.2 Å². The van der Waals surface area contributed by atoms with Gasteiger partial charge >= 0.3 is 11.9 Å². The molecule has 0 radical (unpaired) electrons. The SMILES string of the molecule is CC1=C(C(=O)O)[C@H](c2cccc([N+](=O)[O-])c2)C(C(=O)OC/C=C/c2ccccc2)=C(C)N1. The molecule has 2 N–H and O–H groups in total. The molecule has 3 rings (SSSR count). The predicted molar refractivity (Wildman–Crippen MR) is 118 cm³/mol. The zero-order valence-corrected chi connectivity index (χ0v) is 17.6. The van der Waals surface area contributed by atoms with Gasteiger partial charge in [-0.15, -0.1) is 0 Å². The van der Waals surface area contributed by atoms with Crippen molar-refractivity contribution in [1.82, 2.24) is 5.32 Å². The lowest BCUT2D eigenvalue weighted by atomic mass is 9.80. The Hall–Kier alpha value is -4.20. The second-order valence-electron chi connectivity index (χ2n) is 7.20. The summed E-state index contributed by atoms with van der Waals surface area (Å²) in [5.41, 5.74) is 1.89. The van der Waals surface area contributed by atoms with Gasteiger partial charge in [-0.3, -0.25) is 10.1 Å². The van der Waals surface area contributed by atoms with Crippen LogP contribution in [-0.4, -0.2) is 28.6 Å². The molecule has 8 nitrogen and oxygen atoms in total. The summed E-state index contributed by atoms with van der Waals surface area (Å²) in [5.74, 6) is -2.94. The van der Waals surface area contributed by atoms with E-state index in [4.69, 9.17) is 4.74 Å². The highest BCUT2D eigenvalue weighted by atomic mass is 16.6. The number of nitrogens with one attached hydrogen (secondary N) is 1. The van der Waals surface area contributed by atoms with Crippen LogP contribution in [0.1, 0.15) is 30.9 Å². The minimum Gasteiger partial charge on any atom is -0.478 e. The molecule has 0 aliphatic carbocycles. The largest absolute Gasteiger partial charge is 0.478 e. The molecule has 2 aromatic rings. The number of nitrogens with zero attached hydrogens (tertiary/aromatic N) is 1. The molecule has 0 saturated carbocycles. The van der Waals surface area contributed by atoms with Gasteiger partial charge in [0.2, 0.25) is 0 Å². The van der Waals surface area contributed by atoms with Crippen LogP contribution >= 0.6 is 0 Å². The number of carbonyl (C=O) groups excluding carboxylic acids is 1. The number of hydrogen-bond acceptors (Lipinski definition) is 6. The van der Waals surface area contributed by atoms with E-state index < -0.39 is 22.8 Å². The first-order valence-electron chi connectivity index (χ1n) is 9.84. The van der Waals surface area contributed by atoms with Gasteiger partial charge in [0.15, 0.2) is 0 Å². The highest BCUT2D eigenvalue weighted by Crippen LogP contribution is 2.39. The normalized spacial score (nSPS) is 16.1. The van der Waals surface area contributed by atoms with Gasteiger partial charge in [0.1, 0.15) is 6.61 Å². The fourth-order valence-electron chi connectivity index (χ4n) is 3.65. The Morgan fingerprint density at radius 2 is 1.78 bits per heavy atom. The number of nitro benzene ring substituents is 1. The lowest BCUT2D eigenvalue weighted by molar-refractivity contribution is -0.384. The third-order valence-corrected chi connectivity index (χ3v) is 5.05. The molecule has 32 heavy (non-hydrogen) atoms. The molecule has 0 saturated heterocycles. The number of carbonyl (C=O) groups is 2. The van der Waals surface area contributed by atoms with E-state index in [1.54, 1.807) is 32.1 Å². The highest BCUT2D eigenvalue weighted by Gasteiger charge is 2.37. The number of rotatable bonds is 7. The Bertz CT molecular complexity index is 1150. The zero-order chi connectivity index (χ0) is 23.3. The summed E-state index contributed by atoms with van der Waals surface area (Å²) in [6.07, 6.45) is 3.49. The van der Waals surface area contributed by atoms with E-state index in [9.17, 15) is 24.8 Å². The number of carboxylic acids is 1. The number of allylic oxidation sites excluding steroid dienone is 2. The molecule has 1 heterocycles. The van der Waals surface area contributed by atoms with E-state index in [0.717, 1.165) is 5.56 Å². The number of esters is 1. The van der Waals surface area contributed by atoms with Crippen LogP contribution in [0, 0.1) is 10.1 Å². The number of nitro groups is 1. The number of carboxylic acid groups (broad SMARTS) is 1. The monoisotopic (exact) mass is 434 g/mol. The summed E-state index contributed by atoms with van der Waals surface area (Å²) >= 11 is 0. The van der Waals surface area contributed by atoms with Crippen molar-refractivity contribution in [1.29, 1.82) is 0 Å². The van der Waals surface area contributed by atoms with Crippen molar-refractivity contribution in [3.05, 3.63) is 104 Å². The van der Waals surface area contributed by atoms with Crippen LogP contribution in [0.2, 0.25) is 0 Å². The maximum atomic E-state index is 13.0. The zero-order valence-electron chi connectivity index (χ0n) is 17.6. The van der Waals surface area contributed by atoms with Gasteiger partial charge in [-0.25, -0.2) is 9.59 Å². The first-order valence-corrected chi connectivity index (χ1v) is 9.84. The van der Waals surface area contributed by atoms with Crippen LogP contribution in [0.3, 0.4) is 0 Å². The number of benzene rings is 2. The molecule has 0 unspecified atom stereocenters. The minimum atomic E-state index is -1.23. The summed E-state index contributed by atoms with van der Waals surface area (Å²) in [6, 6.07) is 15.1. The van der Waals surface area contributed by atoms with E-state index in [-0.39, 0.29) is 23.4 Å². The van der Waals surface area contributed by atoms with Crippen molar-refractivity contribution in [2.24, 2.45) is 0 Å². The molecule has 1 aliphatic rings. The number of ether oxygens (including phenoxy) is 1. The second kappa shape index (κ2) is 9.74. The van der Waals surface area contributed by atoms with Gasteiger partial charge in [-0.05, 0) is 31.1 Å². The van der Waals surface area contributed by atoms with Crippen LogP contribution in [0.25, 0.3) is 6.08 Å². The molecule has 0 amide bonds. The summed E-state index contributed by atoms with van der Waals surface area (Å²) in [7, 11) is 0. The van der Waals surface area contributed by atoms with Gasteiger partial charge in [0, 0.05) is 23.5 Å². The van der Waals surface area contributed by atoms with Gasteiger partial charge in [-0.1, -0.05) is 48.5 Å². The first kappa shape index (κ1) is 22.5. The molecule has 0 aromatic heterocycles. The van der Waals surface area contributed by atoms with Crippen molar-refractivity contribution < 1.29 is 24.4 Å². The molecule has 164 valence electrons. The molecular formula is C24H22N2O6. The summed E-state index contributed by atoms with van der Waals surface area (Å²) in [4.78, 5) is 35.7. The Labute approximate surface area is 184 Å². The molecule has 1 atom stereocenters. The fourth-order valence-corrected chi connectivity index (χ4v) is 3.65. The molecule has 0 bridgehead atoms. The quantitative estimate of drug-likeness (QED) is 0.381. The lowest BCUT2D eigenvalue weighted by Crippen LogP contribution is -2.31. The molecular weight excluding hydrogens is 412 g/mol. The highest BCUT2D eigenvalue weighted by molar-refractivity contribution is 5.99. The minimum absolute atomic E-state index is 0.0166. The maximum Gasteiger partial charge on any atom is 0.337 e. The fraction of sp³-hybridized carbons (Fsp3) is 0.167. The molecule has 2 aromatic carbocycles. The molecule has 1 aliphatic heterocycles. The van der Waals surface area contributed by atoms with Crippen LogP contribution < -0.4 is 5.32 Å². The maximum absolute atomic E-state index is 13.0. The Morgan fingerprint density at radius 1 is 1.09 bits per heavy atom. The number of aliphatic carboxylic acids is 1. The lowest BCUT2D eigenvalue weighted by Gasteiger charge is -2.29. The van der Waals surface area contributed by atoms with Gasteiger partial charge in [-0.2, -0.15) is 0 Å². The van der Waals surface area contributed by atoms with Crippen molar-refractivity contribution in [3.8, 4) is 0 Å². The number of dihydropyridines is 1. The first-order chi connectivity index (χ1) is 15.3. The Morgan fingerprint density at radius 3 is 2.44 bits per heavy atom. The summed E-state index contributed by atoms with van der Waals surface area (Å²) in [6.45, 7) is 3.21. The smallest absolute Gasteiger partial charge is 0.337 e. The predicted octanol–water partition coefficient (Wildman–Crippen LogP) is 4.17. The van der Waals surface area contributed by atoms with E-state index in [1.807, 2.05) is 30.3 Å². The topological polar surface area (TPSA) is 119 Å². The van der Waals surface area contributed by atoms with Crippen molar-refractivity contribution in [3.63, 3.8) is 0 Å². The molecule has 0 fully saturated rings. The standard InChI is InChI=1S/C24H22N2O6/c1-15-20(23(27)28)22(18-11-6-12-19(14-18)26(30)31)21(16(2)25-15)24(29)32-13-7-10-17-8-4-3-5-9-17/h3-12,14,22,25H,13H2,1-2H3,(H,27,28)/b10-7+/t22-/m0/s1. The van der Waals surface area contributed by atoms with Crippen molar-refractivity contribution in [2.45, 2.75) is 19.8 Å². The number of non-ortho nitro benzene ring substituents is 1. The van der Waals surface area contributed by atoms with Crippen LogP contribution in [0.4, 0.5) is 5.69 Å². The van der Waals surface area contributed by atoms with Crippen LogP contribution in [0.5, 0.6) is 0 Å². The second-order valence-corrected chi connectivity index (χ2v) is 7.20. The van der Waals surface area contributed by atoms with Crippen LogP contribution in [-0.2, 0) is 14.3 Å². The average Bonchev–Trinajstić information content (AvgIpc) is 2.76. The molecule has 0 spiro atoms. The van der Waals surface area contributed by atoms with Gasteiger partial charge in [0.05, 0.1) is 22.0 Å². The van der Waals surface area contributed by atoms with Crippen molar-refractivity contribution in [2.75, 3.05) is 6.61 Å². The van der Waals surface area contributed by atoms with E-state index in [1.165, 1.54) is 18.2 Å². The number of hydrogen-bond donors (Lipinski definition) is 2. The van der Waals surface area contributed by atoms with Gasteiger partial charge in [0.25, 0.3) is 5.69 Å². The molecule has 8 heteroatoms. The summed E-state index contributed by atoms with van der Waals surface area (Å²) < 4.78 is 5.39. The average molecular weight is 434 g/mol. The Balaban J connectivity index is 1.92. The van der Waals surface area contributed by atoms with Gasteiger partial charge < -0.3 is 15.2 Å². The third kappa shape index (κ3) is 4.92. The van der Waals surface area contributed by atoms with E-state index >= 15 is 0 Å².